The normalized spacial score (nSPS) is 26.6. The van der Waals surface area contributed by atoms with Gasteiger partial charge in [-0.3, -0.25) is 0 Å². The van der Waals surface area contributed by atoms with Crippen LogP contribution in [-0.4, -0.2) is 0 Å². The van der Waals surface area contributed by atoms with E-state index in [2.05, 4.69) is 273 Å². The first-order valence-corrected chi connectivity index (χ1v) is 31.6. The SMILES string of the molecule is C1=CC2=C(C3(C4CCc5ccccc5C4c4cccc(-c5cccc6ccccc56)c4C4(C5CC=Cc6ccccc65)Cc5ccccc54)CCCCc4ccccc43)C(C3(C4C=Cc5ccccc54)CCc4ccccc43)=CC=CC2C=C1. The van der Waals surface area contributed by atoms with Crippen LogP contribution in [0.4, 0.5) is 0 Å². The topological polar surface area (TPSA) is 0 Å². The number of fused-ring (bicyclic) bond motifs is 8. The maximum atomic E-state index is 2.68. The van der Waals surface area contributed by atoms with E-state index in [0.29, 0.717) is 0 Å². The molecule has 8 aliphatic rings. The molecule has 0 N–H and O–H groups in total. The molecule has 0 heteroatoms. The van der Waals surface area contributed by atoms with Crippen LogP contribution in [0.3, 0.4) is 0 Å². The van der Waals surface area contributed by atoms with Gasteiger partial charge in [0.25, 0.3) is 0 Å². The summed E-state index contributed by atoms with van der Waals surface area (Å²) in [6.45, 7) is 0. The highest BCUT2D eigenvalue weighted by Crippen LogP contribution is 2.68. The highest BCUT2D eigenvalue weighted by Gasteiger charge is 2.60. The zero-order valence-corrected chi connectivity index (χ0v) is 47.9. The number of rotatable bonds is 8. The van der Waals surface area contributed by atoms with Crippen molar-refractivity contribution in [3.63, 3.8) is 0 Å². The van der Waals surface area contributed by atoms with Gasteiger partial charge >= 0.3 is 0 Å². The van der Waals surface area contributed by atoms with Gasteiger partial charge in [0.05, 0.1) is 0 Å². The number of aryl methyl sites for hydroxylation is 3. The molecule has 0 bridgehead atoms. The maximum Gasteiger partial charge on any atom is 0.0326 e. The monoisotopic (exact) mass is 1080 g/mol. The van der Waals surface area contributed by atoms with Crippen molar-refractivity contribution < 1.29 is 0 Å². The van der Waals surface area contributed by atoms with Gasteiger partial charge in [0.15, 0.2) is 0 Å². The third-order valence-electron chi connectivity index (χ3n) is 22.2. The molecular weight excluding hydrogens is 1010 g/mol. The summed E-state index contributed by atoms with van der Waals surface area (Å²) in [5.41, 5.74) is 27.2. The van der Waals surface area contributed by atoms with Crippen LogP contribution in [0.15, 0.2) is 278 Å². The predicted molar refractivity (Wildman–Crippen MR) is 350 cm³/mol. The van der Waals surface area contributed by atoms with Crippen LogP contribution in [0.2, 0.25) is 0 Å². The molecule has 84 heavy (non-hydrogen) atoms. The molecule has 8 unspecified atom stereocenters. The molecular formula is C84H70. The Hall–Kier alpha value is -8.58. The van der Waals surface area contributed by atoms with Crippen molar-refractivity contribution in [2.75, 3.05) is 0 Å². The summed E-state index contributed by atoms with van der Waals surface area (Å²) in [5, 5.41) is 2.61. The molecule has 0 nitrogen and oxygen atoms in total. The molecule has 0 saturated carbocycles. The van der Waals surface area contributed by atoms with Crippen molar-refractivity contribution >= 4 is 22.9 Å². The number of allylic oxidation sites excluding steroid dienone is 12. The fraction of sp³-hybridized carbons (Fsp3) is 0.214. The van der Waals surface area contributed by atoms with E-state index < -0.39 is 5.41 Å². The van der Waals surface area contributed by atoms with E-state index in [9.17, 15) is 0 Å². The first-order chi connectivity index (χ1) is 41.6. The van der Waals surface area contributed by atoms with Gasteiger partial charge in [0, 0.05) is 39.9 Å². The lowest BCUT2D eigenvalue weighted by atomic mass is 9.47. The van der Waals surface area contributed by atoms with Gasteiger partial charge < -0.3 is 0 Å². The first kappa shape index (κ1) is 50.0. The van der Waals surface area contributed by atoms with Crippen molar-refractivity contribution in [2.24, 2.45) is 11.8 Å². The summed E-state index contributed by atoms with van der Waals surface area (Å²) in [4.78, 5) is 0. The Bertz CT molecular complexity index is 4380. The number of hydrogen-bond acceptors (Lipinski definition) is 0. The van der Waals surface area contributed by atoms with Crippen molar-refractivity contribution in [3.8, 4) is 11.1 Å². The fourth-order valence-corrected chi connectivity index (χ4v) is 19.0. The van der Waals surface area contributed by atoms with Crippen molar-refractivity contribution in [3.05, 3.63) is 356 Å². The molecule has 9 aromatic rings. The molecule has 8 aliphatic carbocycles. The Balaban J connectivity index is 1.01. The number of hydrogen-bond donors (Lipinski definition) is 0. The van der Waals surface area contributed by atoms with Crippen molar-refractivity contribution in [1.29, 1.82) is 0 Å². The quantitative estimate of drug-likeness (QED) is 0.133. The summed E-state index contributed by atoms with van der Waals surface area (Å²) < 4.78 is 0. The zero-order valence-electron chi connectivity index (χ0n) is 47.9. The van der Waals surface area contributed by atoms with Crippen LogP contribution < -0.4 is 0 Å². The van der Waals surface area contributed by atoms with E-state index in [1.807, 2.05) is 0 Å². The predicted octanol–water partition coefficient (Wildman–Crippen LogP) is 20.1. The average Bonchev–Trinajstić information content (AvgIpc) is 0.943. The summed E-state index contributed by atoms with van der Waals surface area (Å²) in [7, 11) is 0. The van der Waals surface area contributed by atoms with Gasteiger partial charge in [-0.05, 0) is 180 Å². The summed E-state index contributed by atoms with van der Waals surface area (Å²) >= 11 is 0. The standard InChI is InChI=1S/C84H70/c1-9-35-64-56(23-1)32-19-40-69(64)70-41-22-42-71(80(70)84(55-63-31-8-16-45-74(63)84)75-46-20-33-57-24-2-10-36-65(57)75)79-67-38-12-4-27-60(67)49-51-77(79)83(53-18-17-30-61-28-6-15-44-73(61)83)81-68-39-13-5-25-58(68)34-21-47-78(81)82(54-52-62-29-7-14-43-72(62)82)76-50-48-59-26-3-11-37-66(59)76/h1-16,19-29,31-45,47-48,50,58,75-77,79H,17-18,30,46,49,51-55H2. The van der Waals surface area contributed by atoms with Gasteiger partial charge in [-0.1, -0.05) is 280 Å². The minimum atomic E-state index is -0.407. The first-order valence-electron chi connectivity index (χ1n) is 31.6. The molecule has 17 rings (SSSR count). The molecule has 0 heterocycles. The number of benzene rings is 9. The molecule has 0 fully saturated rings. The van der Waals surface area contributed by atoms with Crippen LogP contribution in [0.5, 0.6) is 0 Å². The highest BCUT2D eigenvalue weighted by atomic mass is 14.6. The van der Waals surface area contributed by atoms with E-state index in [1.165, 1.54) is 101 Å². The minimum Gasteiger partial charge on any atom is -0.0833 e. The second kappa shape index (κ2) is 19.8. The largest absolute Gasteiger partial charge is 0.0833 e. The van der Waals surface area contributed by atoms with Crippen LogP contribution in [0.1, 0.15) is 134 Å². The van der Waals surface area contributed by atoms with Crippen LogP contribution >= 0.6 is 0 Å². The second-order valence-electron chi connectivity index (χ2n) is 25.7. The Morgan fingerprint density at radius 2 is 1.06 bits per heavy atom. The van der Waals surface area contributed by atoms with Gasteiger partial charge in [-0.25, -0.2) is 0 Å². The zero-order chi connectivity index (χ0) is 55.4. The Kier molecular flexibility index (Phi) is 11.8. The third kappa shape index (κ3) is 7.25. The van der Waals surface area contributed by atoms with E-state index >= 15 is 0 Å². The fourth-order valence-electron chi connectivity index (χ4n) is 19.0. The third-order valence-corrected chi connectivity index (χ3v) is 22.2. The summed E-state index contributed by atoms with van der Waals surface area (Å²) in [6, 6.07) is 81.7. The van der Waals surface area contributed by atoms with E-state index in [4.69, 9.17) is 0 Å². The Labute approximate surface area is 496 Å². The van der Waals surface area contributed by atoms with Gasteiger partial charge in [-0.15, -0.1) is 0 Å². The minimum absolute atomic E-state index is 0.0519. The summed E-state index contributed by atoms with van der Waals surface area (Å²) in [6.07, 6.45) is 38.2. The lowest BCUT2D eigenvalue weighted by Crippen LogP contribution is -2.49. The van der Waals surface area contributed by atoms with Gasteiger partial charge in [-0.2, -0.15) is 0 Å². The molecule has 9 aromatic carbocycles. The van der Waals surface area contributed by atoms with Crippen LogP contribution in [0.25, 0.3) is 34.1 Å². The van der Waals surface area contributed by atoms with E-state index in [1.54, 1.807) is 22.3 Å². The van der Waals surface area contributed by atoms with Crippen LogP contribution in [-0.2, 0) is 41.9 Å². The molecule has 0 aromatic heterocycles. The van der Waals surface area contributed by atoms with Crippen LogP contribution in [0, 0.1) is 11.8 Å². The Morgan fingerprint density at radius 1 is 0.417 bits per heavy atom. The smallest absolute Gasteiger partial charge is 0.0326 e. The molecule has 0 spiro atoms. The van der Waals surface area contributed by atoms with Gasteiger partial charge in [0.2, 0.25) is 0 Å². The average molecular weight is 1080 g/mol. The molecule has 406 valence electrons. The molecule has 0 amide bonds. The lowest BCUT2D eigenvalue weighted by Gasteiger charge is -2.56. The van der Waals surface area contributed by atoms with E-state index in [-0.39, 0.29) is 40.4 Å². The Morgan fingerprint density at radius 3 is 1.90 bits per heavy atom. The molecule has 0 aliphatic heterocycles. The van der Waals surface area contributed by atoms with Crippen molar-refractivity contribution in [1.82, 2.24) is 0 Å². The lowest BCUT2D eigenvalue weighted by molar-refractivity contribution is 0.230. The van der Waals surface area contributed by atoms with Gasteiger partial charge in [0.1, 0.15) is 0 Å². The molecule has 8 atom stereocenters. The molecule has 0 saturated heterocycles. The van der Waals surface area contributed by atoms with E-state index in [0.717, 1.165) is 57.8 Å². The highest BCUT2D eigenvalue weighted by molar-refractivity contribution is 5.98. The summed E-state index contributed by atoms with van der Waals surface area (Å²) in [5.74, 6) is 0.771. The second-order valence-corrected chi connectivity index (χ2v) is 25.7. The molecule has 0 radical (unpaired) electrons. The van der Waals surface area contributed by atoms with Crippen molar-refractivity contribution in [2.45, 2.75) is 98.2 Å². The maximum absolute atomic E-state index is 2.68.